The van der Waals surface area contributed by atoms with Crippen molar-refractivity contribution in [2.24, 2.45) is 5.92 Å². The van der Waals surface area contributed by atoms with Gasteiger partial charge in [0.25, 0.3) is 0 Å². The lowest BCUT2D eigenvalue weighted by atomic mass is 10.2. The van der Waals surface area contributed by atoms with Crippen LogP contribution < -0.4 is 10.6 Å². The molecule has 2 N–H and O–H groups in total. The Hall–Kier alpha value is -1.96. The van der Waals surface area contributed by atoms with E-state index in [0.717, 1.165) is 19.4 Å². The van der Waals surface area contributed by atoms with Gasteiger partial charge in [0, 0.05) is 19.1 Å². The molecule has 116 valence electrons. The van der Waals surface area contributed by atoms with Crippen LogP contribution in [0.1, 0.15) is 26.7 Å². The average Bonchev–Trinajstić information content (AvgIpc) is 3.08. The van der Waals surface area contributed by atoms with Crippen molar-refractivity contribution >= 4 is 17.6 Å². The van der Waals surface area contributed by atoms with Gasteiger partial charge in [0.05, 0.1) is 12.3 Å². The van der Waals surface area contributed by atoms with Gasteiger partial charge in [-0.15, -0.1) is 5.10 Å². The molecule has 1 aromatic rings. The lowest BCUT2D eigenvalue weighted by Gasteiger charge is -2.10. The van der Waals surface area contributed by atoms with Crippen LogP contribution in [0.25, 0.3) is 0 Å². The van der Waals surface area contributed by atoms with E-state index >= 15 is 0 Å². The molecule has 2 rings (SSSR count). The van der Waals surface area contributed by atoms with Crippen molar-refractivity contribution < 1.29 is 14.3 Å². The molecule has 1 fully saturated rings. The van der Waals surface area contributed by atoms with Gasteiger partial charge in [0.1, 0.15) is 6.54 Å². The molecule has 2 heterocycles. The molecule has 1 atom stereocenters. The second-order valence-electron chi connectivity index (χ2n) is 5.38. The highest BCUT2D eigenvalue weighted by atomic mass is 16.5. The van der Waals surface area contributed by atoms with E-state index in [9.17, 15) is 9.59 Å². The standard InChI is InChI=1S/C13H21N5O3/c1-9(2)13(20)15-11-7-18(17-16-11)8-12(19)14-6-10-4-3-5-21-10/h7,9-10H,3-6,8H2,1-2H3,(H,14,19)(H,15,20). The number of nitrogens with zero attached hydrogens (tertiary/aromatic N) is 3. The Balaban J connectivity index is 1.76. The van der Waals surface area contributed by atoms with Crippen molar-refractivity contribution in [1.29, 1.82) is 0 Å². The fraction of sp³-hybridized carbons (Fsp3) is 0.692. The quantitative estimate of drug-likeness (QED) is 0.779. The van der Waals surface area contributed by atoms with Crippen LogP contribution >= 0.6 is 0 Å². The summed E-state index contributed by atoms with van der Waals surface area (Å²) in [6.45, 7) is 4.93. The number of rotatable bonds is 6. The van der Waals surface area contributed by atoms with Crippen LogP contribution in [0.4, 0.5) is 5.82 Å². The van der Waals surface area contributed by atoms with Gasteiger partial charge in [-0.05, 0) is 12.8 Å². The topological polar surface area (TPSA) is 98.1 Å². The third-order valence-electron chi connectivity index (χ3n) is 3.17. The summed E-state index contributed by atoms with van der Waals surface area (Å²) in [7, 11) is 0. The smallest absolute Gasteiger partial charge is 0.241 e. The molecule has 0 saturated carbocycles. The second kappa shape index (κ2) is 7.16. The maximum atomic E-state index is 11.8. The number of carbonyl (C=O) groups is 2. The molecule has 1 saturated heterocycles. The minimum atomic E-state index is -0.155. The molecule has 1 unspecified atom stereocenters. The fourth-order valence-electron chi connectivity index (χ4n) is 1.94. The Bertz CT molecular complexity index is 494. The molecule has 0 bridgehead atoms. The summed E-state index contributed by atoms with van der Waals surface area (Å²) in [5.74, 6) is -0.0764. The minimum absolute atomic E-state index is 0.0667. The van der Waals surface area contributed by atoms with E-state index < -0.39 is 0 Å². The van der Waals surface area contributed by atoms with Gasteiger partial charge in [-0.2, -0.15) is 0 Å². The van der Waals surface area contributed by atoms with Gasteiger partial charge >= 0.3 is 0 Å². The fourth-order valence-corrected chi connectivity index (χ4v) is 1.94. The molecular weight excluding hydrogens is 274 g/mol. The number of hydrogen-bond donors (Lipinski definition) is 2. The van der Waals surface area contributed by atoms with Crippen LogP contribution in [-0.4, -0.2) is 46.1 Å². The summed E-state index contributed by atoms with van der Waals surface area (Å²) in [6.07, 6.45) is 3.68. The lowest BCUT2D eigenvalue weighted by molar-refractivity contribution is -0.122. The van der Waals surface area contributed by atoms with E-state index in [-0.39, 0.29) is 30.4 Å². The SMILES string of the molecule is CC(C)C(=O)Nc1cn(CC(=O)NCC2CCCO2)nn1. The largest absolute Gasteiger partial charge is 0.376 e. The first-order valence-corrected chi connectivity index (χ1v) is 7.14. The number of amides is 2. The predicted octanol–water partition coefficient (Wildman–Crippen LogP) is 0.168. The molecule has 1 aliphatic heterocycles. The number of anilines is 1. The zero-order valence-corrected chi connectivity index (χ0v) is 12.3. The van der Waals surface area contributed by atoms with E-state index in [1.807, 2.05) is 0 Å². The summed E-state index contributed by atoms with van der Waals surface area (Å²) in [6, 6.07) is 0. The Morgan fingerprint density at radius 2 is 2.33 bits per heavy atom. The van der Waals surface area contributed by atoms with E-state index in [0.29, 0.717) is 12.4 Å². The van der Waals surface area contributed by atoms with Crippen LogP contribution in [0, 0.1) is 5.92 Å². The molecule has 0 radical (unpaired) electrons. The highest BCUT2D eigenvalue weighted by Crippen LogP contribution is 2.10. The van der Waals surface area contributed by atoms with Crippen LogP contribution in [0.3, 0.4) is 0 Å². The summed E-state index contributed by atoms with van der Waals surface area (Å²) in [4.78, 5) is 23.3. The van der Waals surface area contributed by atoms with Crippen LogP contribution in [0.5, 0.6) is 0 Å². The van der Waals surface area contributed by atoms with Gasteiger partial charge in [0.15, 0.2) is 5.82 Å². The zero-order chi connectivity index (χ0) is 15.2. The van der Waals surface area contributed by atoms with Crippen molar-refractivity contribution in [2.45, 2.75) is 39.3 Å². The van der Waals surface area contributed by atoms with Gasteiger partial charge in [-0.3, -0.25) is 9.59 Å². The third kappa shape index (κ3) is 4.82. The molecule has 1 aliphatic rings. The number of nitrogens with one attached hydrogen (secondary N) is 2. The van der Waals surface area contributed by atoms with Gasteiger partial charge in [-0.25, -0.2) is 4.68 Å². The Morgan fingerprint density at radius 1 is 1.52 bits per heavy atom. The summed E-state index contributed by atoms with van der Waals surface area (Å²) >= 11 is 0. The van der Waals surface area contributed by atoms with Crippen LogP contribution in [0.15, 0.2) is 6.20 Å². The van der Waals surface area contributed by atoms with Crippen molar-refractivity contribution in [1.82, 2.24) is 20.3 Å². The third-order valence-corrected chi connectivity index (χ3v) is 3.17. The minimum Gasteiger partial charge on any atom is -0.376 e. The molecule has 8 heteroatoms. The van der Waals surface area contributed by atoms with Gasteiger partial charge in [0.2, 0.25) is 11.8 Å². The van der Waals surface area contributed by atoms with E-state index in [1.165, 1.54) is 10.9 Å². The Labute approximate surface area is 123 Å². The van der Waals surface area contributed by atoms with Gasteiger partial charge < -0.3 is 15.4 Å². The second-order valence-corrected chi connectivity index (χ2v) is 5.38. The molecular formula is C13H21N5O3. The molecule has 0 aromatic carbocycles. The Kier molecular flexibility index (Phi) is 5.26. The first kappa shape index (κ1) is 15.4. The lowest BCUT2D eigenvalue weighted by Crippen LogP contribution is -2.34. The van der Waals surface area contributed by atoms with Crippen LogP contribution in [-0.2, 0) is 20.9 Å². The molecule has 0 aliphatic carbocycles. The highest BCUT2D eigenvalue weighted by molar-refractivity contribution is 5.90. The van der Waals surface area contributed by atoms with Crippen molar-refractivity contribution in [3.05, 3.63) is 6.20 Å². The number of ether oxygens (including phenoxy) is 1. The van der Waals surface area contributed by atoms with Gasteiger partial charge in [-0.1, -0.05) is 19.1 Å². The predicted molar refractivity (Wildman–Crippen MR) is 75.5 cm³/mol. The molecule has 1 aromatic heterocycles. The molecule has 21 heavy (non-hydrogen) atoms. The molecule has 0 spiro atoms. The monoisotopic (exact) mass is 295 g/mol. The van der Waals surface area contributed by atoms with Crippen LogP contribution in [0.2, 0.25) is 0 Å². The summed E-state index contributed by atoms with van der Waals surface area (Å²) in [5.41, 5.74) is 0. The molecule has 8 nitrogen and oxygen atoms in total. The average molecular weight is 295 g/mol. The first-order valence-electron chi connectivity index (χ1n) is 7.14. The summed E-state index contributed by atoms with van der Waals surface area (Å²) in [5, 5.41) is 13.0. The summed E-state index contributed by atoms with van der Waals surface area (Å²) < 4.78 is 6.82. The molecule has 2 amide bonds. The normalized spacial score (nSPS) is 18.0. The van der Waals surface area contributed by atoms with E-state index in [2.05, 4.69) is 20.9 Å². The Morgan fingerprint density at radius 3 is 3.00 bits per heavy atom. The van der Waals surface area contributed by atoms with E-state index in [4.69, 9.17) is 4.74 Å². The zero-order valence-electron chi connectivity index (χ0n) is 12.3. The maximum Gasteiger partial charge on any atom is 0.241 e. The highest BCUT2D eigenvalue weighted by Gasteiger charge is 2.16. The number of aromatic nitrogens is 3. The maximum absolute atomic E-state index is 11.8. The van der Waals surface area contributed by atoms with E-state index in [1.54, 1.807) is 13.8 Å². The van der Waals surface area contributed by atoms with Crippen molar-refractivity contribution in [3.63, 3.8) is 0 Å². The van der Waals surface area contributed by atoms with Crippen molar-refractivity contribution in [2.75, 3.05) is 18.5 Å². The first-order chi connectivity index (χ1) is 10.0. The number of carbonyl (C=O) groups excluding carboxylic acids is 2. The number of hydrogen-bond acceptors (Lipinski definition) is 5. The van der Waals surface area contributed by atoms with Crippen molar-refractivity contribution in [3.8, 4) is 0 Å².